The van der Waals surface area contributed by atoms with E-state index < -0.39 is 0 Å². The van der Waals surface area contributed by atoms with Crippen molar-refractivity contribution in [2.75, 3.05) is 0 Å². The van der Waals surface area contributed by atoms with Crippen LogP contribution < -0.4 is 0 Å². The first-order chi connectivity index (χ1) is 9.50. The van der Waals surface area contributed by atoms with E-state index in [9.17, 15) is 0 Å². The highest BCUT2D eigenvalue weighted by Gasteiger charge is 1.92. The smallest absolute Gasteiger partial charge is 0.0348 e. The van der Waals surface area contributed by atoms with E-state index in [4.69, 9.17) is 0 Å². The van der Waals surface area contributed by atoms with Gasteiger partial charge in [-0.3, -0.25) is 0 Å². The predicted octanol–water partition coefficient (Wildman–Crippen LogP) is 6.52. The van der Waals surface area contributed by atoms with Gasteiger partial charge in [0.1, 0.15) is 0 Å². The molecule has 0 aromatic heterocycles. The normalized spacial score (nSPS) is 20.6. The van der Waals surface area contributed by atoms with E-state index in [1.165, 1.54) is 70.6 Å². The van der Waals surface area contributed by atoms with E-state index in [0.29, 0.717) is 0 Å². The molecule has 0 atom stereocenters. The summed E-state index contributed by atoms with van der Waals surface area (Å²) < 4.78 is 0. The molecule has 0 amide bonds. The Labute approximate surface area is 120 Å². The first kappa shape index (κ1) is 16.0. The Bertz CT molecular complexity index is 261. The monoisotopic (exact) mass is 258 g/mol. The van der Waals surface area contributed by atoms with Crippen LogP contribution in [0.3, 0.4) is 0 Å². The minimum atomic E-state index is 1.23. The molecule has 1 aliphatic carbocycles. The zero-order valence-corrected chi connectivity index (χ0v) is 12.4. The topological polar surface area (TPSA) is 0 Å². The van der Waals surface area contributed by atoms with E-state index in [0.717, 1.165) is 0 Å². The highest BCUT2D eigenvalue weighted by Crippen LogP contribution is 2.11. The zero-order valence-electron chi connectivity index (χ0n) is 12.4. The zero-order chi connectivity index (χ0) is 13.4. The maximum absolute atomic E-state index is 2.29. The Morgan fingerprint density at radius 1 is 0.316 bits per heavy atom. The second kappa shape index (κ2) is 13.4. The second-order valence-electron chi connectivity index (χ2n) is 5.39. The van der Waals surface area contributed by atoms with E-state index in [-0.39, 0.29) is 0 Å². The van der Waals surface area contributed by atoms with Crippen LogP contribution in [0, 0.1) is 0 Å². The molecular weight excluding hydrogens is 228 g/mol. The molecule has 0 bridgehead atoms. The Hall–Kier alpha value is -1.04. The summed E-state index contributed by atoms with van der Waals surface area (Å²) in [5.74, 6) is 0. The summed E-state index contributed by atoms with van der Waals surface area (Å²) in [6.45, 7) is 0. The van der Waals surface area contributed by atoms with Gasteiger partial charge in [0.15, 0.2) is 0 Å². The SMILES string of the molecule is C1=CC=CCCCCCCCCCCCC=CC=C1. The summed E-state index contributed by atoms with van der Waals surface area (Å²) in [5, 5.41) is 0. The van der Waals surface area contributed by atoms with Crippen molar-refractivity contribution < 1.29 is 0 Å². The Kier molecular flexibility index (Phi) is 11.3. The maximum atomic E-state index is 2.29. The van der Waals surface area contributed by atoms with Crippen LogP contribution in [0.4, 0.5) is 0 Å². The van der Waals surface area contributed by atoms with Crippen LogP contribution in [-0.2, 0) is 0 Å². The lowest BCUT2D eigenvalue weighted by Crippen LogP contribution is -1.81. The number of hydrogen-bond acceptors (Lipinski definition) is 0. The average Bonchev–Trinajstić information content (AvgIpc) is 2.43. The Morgan fingerprint density at radius 3 is 1.05 bits per heavy atom. The van der Waals surface area contributed by atoms with Crippen LogP contribution in [0.25, 0.3) is 0 Å². The van der Waals surface area contributed by atoms with Gasteiger partial charge >= 0.3 is 0 Å². The first-order valence-electron chi connectivity index (χ1n) is 8.15. The van der Waals surface area contributed by atoms with Crippen molar-refractivity contribution in [2.24, 2.45) is 0 Å². The lowest BCUT2D eigenvalue weighted by Gasteiger charge is -2.01. The quantitative estimate of drug-likeness (QED) is 0.464. The van der Waals surface area contributed by atoms with Crippen LogP contribution in [0.15, 0.2) is 48.6 Å². The third-order valence-electron chi connectivity index (χ3n) is 3.57. The fraction of sp³-hybridized carbons (Fsp3) is 0.579. The van der Waals surface area contributed by atoms with Gasteiger partial charge in [0, 0.05) is 0 Å². The highest BCUT2D eigenvalue weighted by atomic mass is 14.0. The van der Waals surface area contributed by atoms with E-state index in [1.807, 2.05) is 0 Å². The largest absolute Gasteiger partial charge is 0.0845 e. The Morgan fingerprint density at radius 2 is 0.632 bits per heavy atom. The van der Waals surface area contributed by atoms with Gasteiger partial charge in [-0.05, 0) is 25.7 Å². The van der Waals surface area contributed by atoms with Crippen molar-refractivity contribution in [3.63, 3.8) is 0 Å². The average molecular weight is 258 g/mol. The molecule has 106 valence electrons. The van der Waals surface area contributed by atoms with Crippen molar-refractivity contribution >= 4 is 0 Å². The molecule has 0 nitrogen and oxygen atoms in total. The molecule has 0 aromatic carbocycles. The van der Waals surface area contributed by atoms with Crippen LogP contribution in [0.1, 0.15) is 70.6 Å². The van der Waals surface area contributed by atoms with Gasteiger partial charge in [-0.15, -0.1) is 0 Å². The maximum Gasteiger partial charge on any atom is -0.0348 e. The molecule has 0 aliphatic heterocycles. The third-order valence-corrected chi connectivity index (χ3v) is 3.57. The van der Waals surface area contributed by atoms with Crippen molar-refractivity contribution in [3.05, 3.63) is 48.6 Å². The van der Waals surface area contributed by atoms with E-state index in [1.54, 1.807) is 0 Å². The highest BCUT2D eigenvalue weighted by molar-refractivity contribution is 5.15. The molecule has 0 saturated heterocycles. The van der Waals surface area contributed by atoms with Crippen molar-refractivity contribution in [1.29, 1.82) is 0 Å². The van der Waals surface area contributed by atoms with Gasteiger partial charge in [-0.1, -0.05) is 93.6 Å². The molecule has 0 spiro atoms. The summed E-state index contributed by atoms with van der Waals surface area (Å²) in [6.07, 6.45) is 32.5. The van der Waals surface area contributed by atoms with Gasteiger partial charge in [-0.2, -0.15) is 0 Å². The van der Waals surface area contributed by atoms with E-state index in [2.05, 4.69) is 48.6 Å². The minimum Gasteiger partial charge on any atom is -0.0845 e. The lowest BCUT2D eigenvalue weighted by molar-refractivity contribution is 0.561. The lowest BCUT2D eigenvalue weighted by atomic mass is 10.1. The van der Waals surface area contributed by atoms with E-state index >= 15 is 0 Å². The van der Waals surface area contributed by atoms with Gasteiger partial charge in [0.2, 0.25) is 0 Å². The molecule has 0 aromatic rings. The molecule has 0 unspecified atom stereocenters. The van der Waals surface area contributed by atoms with Crippen molar-refractivity contribution in [2.45, 2.75) is 70.6 Å². The third kappa shape index (κ3) is 11.8. The summed E-state index contributed by atoms with van der Waals surface area (Å²) in [5.41, 5.74) is 0. The van der Waals surface area contributed by atoms with Crippen molar-refractivity contribution in [1.82, 2.24) is 0 Å². The van der Waals surface area contributed by atoms with Gasteiger partial charge in [-0.25, -0.2) is 0 Å². The second-order valence-corrected chi connectivity index (χ2v) is 5.39. The number of hydrogen-bond donors (Lipinski definition) is 0. The molecular formula is C19H30. The van der Waals surface area contributed by atoms with Gasteiger partial charge in [0.25, 0.3) is 0 Å². The van der Waals surface area contributed by atoms with Crippen LogP contribution >= 0.6 is 0 Å². The summed E-state index contributed by atoms with van der Waals surface area (Å²) >= 11 is 0. The standard InChI is InChI=1S/C19H30/c1-2-4-6-8-10-12-14-16-18-19-17-15-13-11-9-7-5-3-1/h1-8H,9-19H2. The molecule has 1 rings (SSSR count). The van der Waals surface area contributed by atoms with Crippen LogP contribution in [0.5, 0.6) is 0 Å². The fourth-order valence-corrected chi connectivity index (χ4v) is 2.37. The summed E-state index contributed by atoms with van der Waals surface area (Å²) in [6, 6.07) is 0. The summed E-state index contributed by atoms with van der Waals surface area (Å²) in [7, 11) is 0. The van der Waals surface area contributed by atoms with Crippen LogP contribution in [0.2, 0.25) is 0 Å². The minimum absolute atomic E-state index is 1.23. The van der Waals surface area contributed by atoms with Crippen LogP contribution in [-0.4, -0.2) is 0 Å². The number of rotatable bonds is 0. The van der Waals surface area contributed by atoms with Gasteiger partial charge < -0.3 is 0 Å². The molecule has 0 N–H and O–H groups in total. The molecule has 0 saturated carbocycles. The van der Waals surface area contributed by atoms with Crippen molar-refractivity contribution in [3.8, 4) is 0 Å². The van der Waals surface area contributed by atoms with Gasteiger partial charge in [0.05, 0.1) is 0 Å². The predicted molar refractivity (Wildman–Crippen MR) is 87.3 cm³/mol. The molecule has 0 fully saturated rings. The fourth-order valence-electron chi connectivity index (χ4n) is 2.37. The molecule has 0 radical (unpaired) electrons. The number of allylic oxidation sites excluding steroid dienone is 8. The Balaban J connectivity index is 2.26. The summed E-state index contributed by atoms with van der Waals surface area (Å²) in [4.78, 5) is 0. The molecule has 1 aliphatic rings. The molecule has 19 heavy (non-hydrogen) atoms. The first-order valence-corrected chi connectivity index (χ1v) is 8.15. The molecule has 0 heteroatoms. The molecule has 0 heterocycles.